The van der Waals surface area contributed by atoms with E-state index in [0.717, 1.165) is 31.4 Å². The predicted octanol–water partition coefficient (Wildman–Crippen LogP) is 5.24. The summed E-state index contributed by atoms with van der Waals surface area (Å²) in [6, 6.07) is 6.12. The lowest BCUT2D eigenvalue weighted by molar-refractivity contribution is 0.0492. The first-order chi connectivity index (χ1) is 10.7. The molecule has 2 rings (SSSR count). The Morgan fingerprint density at radius 1 is 1.09 bits per heavy atom. The van der Waals surface area contributed by atoms with E-state index in [9.17, 15) is 4.79 Å². The SMILES string of the molecule is CC(C)(C)OC(=O)NC1CCC(Nc2ccc(Cl)c(Cl)c2)CC1. The van der Waals surface area contributed by atoms with Gasteiger partial charge >= 0.3 is 6.09 Å². The van der Waals surface area contributed by atoms with Gasteiger partial charge in [0.1, 0.15) is 5.60 Å². The van der Waals surface area contributed by atoms with Gasteiger partial charge in [-0.1, -0.05) is 23.2 Å². The van der Waals surface area contributed by atoms with Crippen LogP contribution in [0.2, 0.25) is 10.0 Å². The summed E-state index contributed by atoms with van der Waals surface area (Å²) in [5, 5.41) is 7.53. The van der Waals surface area contributed by atoms with Crippen LogP contribution in [0.5, 0.6) is 0 Å². The maximum Gasteiger partial charge on any atom is 0.407 e. The summed E-state index contributed by atoms with van der Waals surface area (Å²) >= 11 is 12.0. The van der Waals surface area contributed by atoms with Crippen LogP contribution < -0.4 is 10.6 Å². The molecule has 2 N–H and O–H groups in total. The van der Waals surface area contributed by atoms with E-state index in [1.165, 1.54) is 0 Å². The molecule has 1 amide bonds. The van der Waals surface area contributed by atoms with Gasteiger partial charge in [-0.3, -0.25) is 0 Å². The second-order valence-electron chi connectivity index (χ2n) is 6.97. The molecule has 0 saturated heterocycles. The van der Waals surface area contributed by atoms with E-state index in [-0.39, 0.29) is 12.1 Å². The highest BCUT2D eigenvalue weighted by Gasteiger charge is 2.24. The van der Waals surface area contributed by atoms with Crippen LogP contribution in [0, 0.1) is 0 Å². The largest absolute Gasteiger partial charge is 0.444 e. The molecule has 1 saturated carbocycles. The summed E-state index contributed by atoms with van der Waals surface area (Å²) in [4.78, 5) is 11.8. The van der Waals surface area contributed by atoms with Crippen molar-refractivity contribution >= 4 is 35.0 Å². The molecule has 23 heavy (non-hydrogen) atoms. The molecule has 0 aliphatic heterocycles. The van der Waals surface area contributed by atoms with Crippen LogP contribution in [0.25, 0.3) is 0 Å². The minimum Gasteiger partial charge on any atom is -0.444 e. The number of ether oxygens (including phenoxy) is 1. The molecule has 0 unspecified atom stereocenters. The van der Waals surface area contributed by atoms with Crippen LogP contribution in [0.3, 0.4) is 0 Å². The molecule has 1 aliphatic carbocycles. The van der Waals surface area contributed by atoms with Crippen LogP contribution in [0.15, 0.2) is 18.2 Å². The fourth-order valence-corrected chi connectivity index (χ4v) is 2.98. The van der Waals surface area contributed by atoms with Gasteiger partial charge in [-0.15, -0.1) is 0 Å². The quantitative estimate of drug-likeness (QED) is 0.776. The predicted molar refractivity (Wildman–Crippen MR) is 95.5 cm³/mol. The molecule has 128 valence electrons. The summed E-state index contributed by atoms with van der Waals surface area (Å²) in [6.45, 7) is 5.60. The summed E-state index contributed by atoms with van der Waals surface area (Å²) in [7, 11) is 0. The second kappa shape index (κ2) is 7.63. The van der Waals surface area contributed by atoms with Gasteiger partial charge in [0.25, 0.3) is 0 Å². The average Bonchev–Trinajstić information content (AvgIpc) is 2.43. The Kier molecular flexibility index (Phi) is 6.04. The van der Waals surface area contributed by atoms with Crippen molar-refractivity contribution in [3.63, 3.8) is 0 Å². The molecule has 6 heteroatoms. The zero-order valence-electron chi connectivity index (χ0n) is 13.8. The molecule has 1 aromatic carbocycles. The number of benzene rings is 1. The molecule has 4 nitrogen and oxygen atoms in total. The zero-order chi connectivity index (χ0) is 17.0. The smallest absolute Gasteiger partial charge is 0.407 e. The number of nitrogens with one attached hydrogen (secondary N) is 2. The minimum atomic E-state index is -0.462. The van der Waals surface area contributed by atoms with Gasteiger partial charge in [0, 0.05) is 17.8 Å². The van der Waals surface area contributed by atoms with E-state index in [4.69, 9.17) is 27.9 Å². The van der Waals surface area contributed by atoms with Crippen molar-refractivity contribution in [2.24, 2.45) is 0 Å². The number of hydrogen-bond acceptors (Lipinski definition) is 3. The second-order valence-corrected chi connectivity index (χ2v) is 7.78. The van der Waals surface area contributed by atoms with Crippen molar-refractivity contribution in [1.29, 1.82) is 0 Å². The number of carbonyl (C=O) groups excluding carboxylic acids is 1. The van der Waals surface area contributed by atoms with Crippen molar-refractivity contribution in [1.82, 2.24) is 5.32 Å². The fraction of sp³-hybridized carbons (Fsp3) is 0.588. The van der Waals surface area contributed by atoms with Crippen molar-refractivity contribution < 1.29 is 9.53 Å². The molecular formula is C17H24Cl2N2O2. The highest BCUT2D eigenvalue weighted by atomic mass is 35.5. The van der Waals surface area contributed by atoms with Crippen LogP contribution in [0.4, 0.5) is 10.5 Å². The van der Waals surface area contributed by atoms with Crippen LogP contribution >= 0.6 is 23.2 Å². The van der Waals surface area contributed by atoms with Crippen LogP contribution in [-0.4, -0.2) is 23.8 Å². The number of hydrogen-bond donors (Lipinski definition) is 2. The third-order valence-electron chi connectivity index (χ3n) is 3.74. The third kappa shape index (κ3) is 6.11. The molecule has 1 aliphatic rings. The van der Waals surface area contributed by atoms with E-state index in [1.807, 2.05) is 32.9 Å². The number of halogens is 2. The highest BCUT2D eigenvalue weighted by molar-refractivity contribution is 6.42. The first-order valence-electron chi connectivity index (χ1n) is 7.94. The number of carbonyl (C=O) groups is 1. The third-order valence-corrected chi connectivity index (χ3v) is 4.48. The number of amides is 1. The standard InChI is InChI=1S/C17H24Cl2N2O2/c1-17(2,3)23-16(22)21-12-6-4-11(5-7-12)20-13-8-9-14(18)15(19)10-13/h8-12,20H,4-7H2,1-3H3,(H,21,22). The van der Waals surface area contributed by atoms with Crippen molar-refractivity contribution in [3.8, 4) is 0 Å². The topological polar surface area (TPSA) is 50.4 Å². The lowest BCUT2D eigenvalue weighted by Gasteiger charge is -2.31. The number of rotatable bonds is 3. The maximum atomic E-state index is 11.8. The Morgan fingerprint density at radius 3 is 2.26 bits per heavy atom. The van der Waals surface area contributed by atoms with Gasteiger partial charge in [-0.25, -0.2) is 4.79 Å². The van der Waals surface area contributed by atoms with Gasteiger partial charge < -0.3 is 15.4 Å². The van der Waals surface area contributed by atoms with Crippen molar-refractivity contribution in [3.05, 3.63) is 28.2 Å². The molecule has 0 spiro atoms. The van der Waals surface area contributed by atoms with E-state index in [2.05, 4.69) is 10.6 Å². The monoisotopic (exact) mass is 358 g/mol. The van der Waals surface area contributed by atoms with E-state index in [1.54, 1.807) is 6.07 Å². The molecule has 0 heterocycles. The first-order valence-corrected chi connectivity index (χ1v) is 8.69. The van der Waals surface area contributed by atoms with Crippen molar-refractivity contribution in [2.75, 3.05) is 5.32 Å². The molecule has 0 aromatic heterocycles. The molecule has 1 aromatic rings. The van der Waals surface area contributed by atoms with E-state index >= 15 is 0 Å². The molecule has 0 radical (unpaired) electrons. The van der Waals surface area contributed by atoms with Gasteiger partial charge in [0.05, 0.1) is 10.0 Å². The molecule has 0 bridgehead atoms. The summed E-state index contributed by atoms with van der Waals surface area (Å²) in [5.41, 5.74) is 0.513. The van der Waals surface area contributed by atoms with Gasteiger partial charge in [-0.2, -0.15) is 0 Å². The number of anilines is 1. The minimum absolute atomic E-state index is 0.178. The Morgan fingerprint density at radius 2 is 1.70 bits per heavy atom. The summed E-state index contributed by atoms with van der Waals surface area (Å²) < 4.78 is 5.29. The van der Waals surface area contributed by atoms with Crippen LogP contribution in [0.1, 0.15) is 46.5 Å². The lowest BCUT2D eigenvalue weighted by Crippen LogP contribution is -2.42. The maximum absolute atomic E-state index is 11.8. The first kappa shape index (κ1) is 18.2. The molecule has 0 atom stereocenters. The number of alkyl carbamates (subject to hydrolysis) is 1. The Balaban J connectivity index is 1.77. The van der Waals surface area contributed by atoms with Gasteiger partial charge in [0.15, 0.2) is 0 Å². The molecular weight excluding hydrogens is 335 g/mol. The Hall–Kier alpha value is -1.13. The normalized spacial score (nSPS) is 21.6. The van der Waals surface area contributed by atoms with E-state index in [0.29, 0.717) is 16.1 Å². The average molecular weight is 359 g/mol. The fourth-order valence-electron chi connectivity index (χ4n) is 2.68. The lowest BCUT2D eigenvalue weighted by atomic mass is 9.91. The van der Waals surface area contributed by atoms with Crippen LogP contribution in [-0.2, 0) is 4.74 Å². The Labute approximate surface area is 147 Å². The molecule has 1 fully saturated rings. The van der Waals surface area contributed by atoms with Gasteiger partial charge in [-0.05, 0) is 64.7 Å². The van der Waals surface area contributed by atoms with E-state index < -0.39 is 5.60 Å². The Bertz CT molecular complexity index is 550. The summed E-state index contributed by atoms with van der Waals surface area (Å²) in [6.07, 6.45) is 3.50. The van der Waals surface area contributed by atoms with Gasteiger partial charge in [0.2, 0.25) is 0 Å². The highest BCUT2D eigenvalue weighted by Crippen LogP contribution is 2.28. The zero-order valence-corrected chi connectivity index (χ0v) is 15.3. The van der Waals surface area contributed by atoms with Crippen molar-refractivity contribution in [2.45, 2.75) is 64.1 Å². The summed E-state index contributed by atoms with van der Waals surface area (Å²) in [5.74, 6) is 0.